The average Bonchev–Trinajstić information content (AvgIpc) is 2.73. The third-order valence-corrected chi connectivity index (χ3v) is 5.05. The topological polar surface area (TPSA) is 78.0 Å². The quantitative estimate of drug-likeness (QED) is 0.225. The predicted molar refractivity (Wildman–Crippen MR) is 122 cm³/mol. The number of benzene rings is 3. The highest BCUT2D eigenvalue weighted by Crippen LogP contribution is 2.19. The van der Waals surface area contributed by atoms with Crippen LogP contribution in [0.2, 0.25) is 0 Å². The number of hydrogen-bond donors (Lipinski definition) is 0. The van der Waals surface area contributed by atoms with Gasteiger partial charge in [0.2, 0.25) is 0 Å². The van der Waals surface area contributed by atoms with E-state index in [0.29, 0.717) is 28.0 Å². The molecule has 0 amide bonds. The van der Waals surface area contributed by atoms with Crippen LogP contribution in [-0.2, 0) is 0 Å². The number of para-hydroxylation sites is 1. The highest BCUT2D eigenvalue weighted by Gasteiger charge is 2.12. The molecule has 142 valence electrons. The van der Waals surface area contributed by atoms with Crippen molar-refractivity contribution in [1.82, 2.24) is 9.55 Å². The summed E-state index contributed by atoms with van der Waals surface area (Å²) in [7, 11) is 0. The van der Waals surface area contributed by atoms with Crippen LogP contribution in [0.3, 0.4) is 0 Å². The minimum atomic E-state index is -0.437. The molecule has 0 aliphatic heterocycles. The molecule has 29 heavy (non-hydrogen) atoms. The zero-order chi connectivity index (χ0) is 20.4. The molecular formula is C22H14IN3O3. The maximum Gasteiger partial charge on any atom is 0.270 e. The van der Waals surface area contributed by atoms with Crippen molar-refractivity contribution in [3.05, 3.63) is 108 Å². The Labute approximate surface area is 179 Å². The Morgan fingerprint density at radius 1 is 0.966 bits per heavy atom. The van der Waals surface area contributed by atoms with E-state index in [4.69, 9.17) is 0 Å². The molecule has 1 aromatic heterocycles. The summed E-state index contributed by atoms with van der Waals surface area (Å²) in [4.78, 5) is 28.5. The second-order valence-electron chi connectivity index (χ2n) is 6.29. The van der Waals surface area contributed by atoms with Crippen molar-refractivity contribution in [2.75, 3.05) is 0 Å². The lowest BCUT2D eigenvalue weighted by molar-refractivity contribution is -0.384. The minimum Gasteiger partial charge on any atom is -0.268 e. The van der Waals surface area contributed by atoms with Crippen LogP contribution in [0, 0.1) is 13.7 Å². The van der Waals surface area contributed by atoms with Gasteiger partial charge in [0.15, 0.2) is 0 Å². The summed E-state index contributed by atoms with van der Waals surface area (Å²) in [6.07, 6.45) is 3.41. The van der Waals surface area contributed by atoms with Gasteiger partial charge in [0.05, 0.1) is 21.5 Å². The average molecular weight is 495 g/mol. The lowest BCUT2D eigenvalue weighted by Gasteiger charge is -2.11. The van der Waals surface area contributed by atoms with Crippen LogP contribution in [0.15, 0.2) is 77.6 Å². The van der Waals surface area contributed by atoms with Crippen molar-refractivity contribution in [3.63, 3.8) is 0 Å². The third-order valence-electron chi connectivity index (χ3n) is 4.38. The monoisotopic (exact) mass is 495 g/mol. The molecule has 0 fully saturated rings. The molecule has 4 rings (SSSR count). The van der Waals surface area contributed by atoms with E-state index >= 15 is 0 Å². The van der Waals surface area contributed by atoms with Gasteiger partial charge in [-0.05, 0) is 64.6 Å². The summed E-state index contributed by atoms with van der Waals surface area (Å²) in [6.45, 7) is 0. The molecular weight excluding hydrogens is 481 g/mol. The van der Waals surface area contributed by atoms with E-state index < -0.39 is 4.92 Å². The number of hydrogen-bond acceptors (Lipinski definition) is 4. The molecule has 3 aromatic carbocycles. The van der Waals surface area contributed by atoms with Crippen LogP contribution in [0.5, 0.6) is 0 Å². The van der Waals surface area contributed by atoms with E-state index in [1.54, 1.807) is 28.9 Å². The smallest absolute Gasteiger partial charge is 0.268 e. The second kappa shape index (κ2) is 7.96. The highest BCUT2D eigenvalue weighted by atomic mass is 127. The van der Waals surface area contributed by atoms with Crippen molar-refractivity contribution < 1.29 is 4.92 Å². The molecule has 0 aliphatic carbocycles. The molecule has 0 N–H and O–H groups in total. The van der Waals surface area contributed by atoms with Gasteiger partial charge in [-0.2, -0.15) is 0 Å². The van der Waals surface area contributed by atoms with Crippen LogP contribution in [0.4, 0.5) is 5.69 Å². The number of aromatic nitrogens is 2. The van der Waals surface area contributed by atoms with E-state index in [-0.39, 0.29) is 11.2 Å². The molecule has 0 atom stereocenters. The first-order chi connectivity index (χ1) is 14.0. The highest BCUT2D eigenvalue weighted by molar-refractivity contribution is 14.1. The van der Waals surface area contributed by atoms with Crippen LogP contribution < -0.4 is 5.56 Å². The summed E-state index contributed by atoms with van der Waals surface area (Å²) in [5.74, 6) is 0.446. The van der Waals surface area contributed by atoms with Crippen molar-refractivity contribution in [1.29, 1.82) is 0 Å². The fourth-order valence-electron chi connectivity index (χ4n) is 3.03. The van der Waals surface area contributed by atoms with Crippen molar-refractivity contribution in [2.24, 2.45) is 0 Å². The van der Waals surface area contributed by atoms with E-state index in [1.165, 1.54) is 12.1 Å². The molecule has 0 aliphatic rings. The number of halogens is 1. The van der Waals surface area contributed by atoms with E-state index in [0.717, 1.165) is 3.57 Å². The SMILES string of the molecule is O=c1c2cc(I)ccc2nc(/C=C/c2cccc([N+](=O)[O-])c2)n1-c1ccccc1. The Morgan fingerprint density at radius 3 is 2.52 bits per heavy atom. The van der Waals surface area contributed by atoms with Gasteiger partial charge < -0.3 is 0 Å². The molecule has 0 spiro atoms. The van der Waals surface area contributed by atoms with E-state index in [9.17, 15) is 14.9 Å². The summed E-state index contributed by atoms with van der Waals surface area (Å²) in [5, 5.41) is 11.5. The van der Waals surface area contributed by atoms with Gasteiger partial charge in [0.25, 0.3) is 11.2 Å². The van der Waals surface area contributed by atoms with E-state index in [1.807, 2.05) is 48.5 Å². The molecule has 4 aromatic rings. The number of fused-ring (bicyclic) bond motifs is 1. The van der Waals surface area contributed by atoms with Crippen molar-refractivity contribution in [2.45, 2.75) is 0 Å². The summed E-state index contributed by atoms with van der Waals surface area (Å²) < 4.78 is 2.50. The summed E-state index contributed by atoms with van der Waals surface area (Å²) in [6, 6.07) is 21.1. The molecule has 0 radical (unpaired) electrons. The molecule has 0 bridgehead atoms. The first-order valence-corrected chi connectivity index (χ1v) is 9.81. The van der Waals surface area contributed by atoms with Crippen LogP contribution in [-0.4, -0.2) is 14.5 Å². The van der Waals surface area contributed by atoms with Gasteiger partial charge in [-0.25, -0.2) is 4.98 Å². The van der Waals surface area contributed by atoms with Gasteiger partial charge in [-0.1, -0.05) is 36.4 Å². The molecule has 0 unspecified atom stereocenters. The number of rotatable bonds is 4. The predicted octanol–water partition coefficient (Wildman–Crippen LogP) is 5.07. The Bertz CT molecular complexity index is 1310. The Balaban J connectivity index is 1.91. The Hall–Kier alpha value is -3.33. The van der Waals surface area contributed by atoms with Gasteiger partial charge >= 0.3 is 0 Å². The maximum atomic E-state index is 13.3. The Morgan fingerprint density at radius 2 is 1.76 bits per heavy atom. The zero-order valence-corrected chi connectivity index (χ0v) is 17.2. The van der Waals surface area contributed by atoms with Crippen molar-refractivity contribution in [3.8, 4) is 5.69 Å². The molecule has 7 heteroatoms. The van der Waals surface area contributed by atoms with Gasteiger partial charge in [0.1, 0.15) is 5.82 Å². The third kappa shape index (κ3) is 3.95. The normalized spacial score (nSPS) is 11.2. The van der Waals surface area contributed by atoms with Gasteiger partial charge in [-0.3, -0.25) is 19.5 Å². The fourth-order valence-corrected chi connectivity index (χ4v) is 3.52. The first kappa shape index (κ1) is 19.0. The fraction of sp³-hybridized carbons (Fsp3) is 0. The number of nitro groups is 1. The summed E-state index contributed by atoms with van der Waals surface area (Å²) >= 11 is 2.17. The minimum absolute atomic E-state index is 0.00801. The lowest BCUT2D eigenvalue weighted by Crippen LogP contribution is -2.22. The van der Waals surface area contributed by atoms with Crippen LogP contribution in [0.1, 0.15) is 11.4 Å². The van der Waals surface area contributed by atoms with E-state index in [2.05, 4.69) is 27.6 Å². The van der Waals surface area contributed by atoms with Crippen molar-refractivity contribution >= 4 is 51.3 Å². The molecule has 0 saturated heterocycles. The van der Waals surface area contributed by atoms with Gasteiger partial charge in [0, 0.05) is 15.7 Å². The van der Waals surface area contributed by atoms with Crippen LogP contribution in [0.25, 0.3) is 28.7 Å². The first-order valence-electron chi connectivity index (χ1n) is 8.73. The lowest BCUT2D eigenvalue weighted by atomic mass is 10.2. The number of non-ortho nitro benzene ring substituents is 1. The summed E-state index contributed by atoms with van der Waals surface area (Å²) in [5.41, 5.74) is 1.79. The Kier molecular flexibility index (Phi) is 5.22. The standard InChI is InChI=1S/C22H14IN3O3/c23-16-10-11-20-19(14-16)22(27)25(17-6-2-1-3-7-17)21(24-20)12-9-15-5-4-8-18(13-15)26(28)29/h1-14H/b12-9+. The largest absolute Gasteiger partial charge is 0.270 e. The zero-order valence-electron chi connectivity index (χ0n) is 15.0. The molecule has 0 saturated carbocycles. The second-order valence-corrected chi connectivity index (χ2v) is 7.54. The van der Waals surface area contributed by atoms with Gasteiger partial charge in [-0.15, -0.1) is 0 Å². The number of nitro benzene ring substituents is 1. The molecule has 1 heterocycles. The maximum absolute atomic E-state index is 13.3. The molecule has 6 nitrogen and oxygen atoms in total. The number of nitrogens with zero attached hydrogens (tertiary/aromatic N) is 3. The van der Waals surface area contributed by atoms with Crippen LogP contribution >= 0.6 is 22.6 Å².